The van der Waals surface area contributed by atoms with Crippen molar-refractivity contribution in [2.75, 3.05) is 40.3 Å². The van der Waals surface area contributed by atoms with Gasteiger partial charge in [-0.25, -0.2) is 4.98 Å². The number of hydrogen-bond donors (Lipinski definition) is 2. The lowest BCUT2D eigenvalue weighted by Gasteiger charge is -2.30. The van der Waals surface area contributed by atoms with E-state index in [1.54, 1.807) is 19.2 Å². The fourth-order valence-corrected chi connectivity index (χ4v) is 3.58. The average molecular weight is 411 g/mol. The van der Waals surface area contributed by atoms with Crippen LogP contribution in [0.1, 0.15) is 44.1 Å². The molecule has 2 amide bonds. The number of rotatable bonds is 7. The van der Waals surface area contributed by atoms with Crippen LogP contribution in [0.4, 0.5) is 0 Å². The third-order valence-corrected chi connectivity index (χ3v) is 5.16. The number of pyridine rings is 1. The largest absolute Gasteiger partial charge is 0.375 e. The van der Waals surface area contributed by atoms with E-state index in [0.29, 0.717) is 24.2 Å². The molecule has 7 nitrogen and oxygen atoms in total. The summed E-state index contributed by atoms with van der Waals surface area (Å²) in [4.78, 5) is 31.6. The number of morpholine rings is 1. The Morgan fingerprint density at radius 2 is 2.07 bits per heavy atom. The highest BCUT2D eigenvalue weighted by Crippen LogP contribution is 2.14. The summed E-state index contributed by atoms with van der Waals surface area (Å²) in [7, 11) is 3.62. The monoisotopic (exact) mass is 410 g/mol. The van der Waals surface area contributed by atoms with Crippen LogP contribution in [0.25, 0.3) is 0 Å². The van der Waals surface area contributed by atoms with Crippen molar-refractivity contribution in [1.29, 1.82) is 0 Å². The Morgan fingerprint density at radius 1 is 1.23 bits per heavy atom. The molecule has 2 N–H and O–H groups in total. The Labute approximate surface area is 177 Å². The van der Waals surface area contributed by atoms with E-state index in [4.69, 9.17) is 4.74 Å². The summed E-state index contributed by atoms with van der Waals surface area (Å²) in [5, 5.41) is 5.53. The van der Waals surface area contributed by atoms with Crippen LogP contribution < -0.4 is 10.6 Å². The van der Waals surface area contributed by atoms with Crippen molar-refractivity contribution in [1.82, 2.24) is 20.5 Å². The number of hydrogen-bond acceptors (Lipinski definition) is 5. The van der Waals surface area contributed by atoms with E-state index in [2.05, 4.69) is 33.6 Å². The predicted molar refractivity (Wildman–Crippen MR) is 116 cm³/mol. The molecule has 0 aliphatic carbocycles. The molecule has 1 saturated heterocycles. The number of benzene rings is 1. The van der Waals surface area contributed by atoms with E-state index in [0.717, 1.165) is 37.2 Å². The van der Waals surface area contributed by atoms with Crippen LogP contribution in [0.2, 0.25) is 0 Å². The van der Waals surface area contributed by atoms with Gasteiger partial charge in [0.25, 0.3) is 11.8 Å². The van der Waals surface area contributed by atoms with E-state index in [9.17, 15) is 9.59 Å². The summed E-state index contributed by atoms with van der Waals surface area (Å²) >= 11 is 0. The maximum absolute atomic E-state index is 12.8. The number of likely N-dealkylation sites (N-methyl/N-ethyl adjacent to an activating group) is 1. The highest BCUT2D eigenvalue weighted by atomic mass is 16.5. The molecule has 1 fully saturated rings. The van der Waals surface area contributed by atoms with Gasteiger partial charge in [0.2, 0.25) is 0 Å². The molecular formula is C23H30N4O3. The zero-order valence-electron chi connectivity index (χ0n) is 17.9. The van der Waals surface area contributed by atoms with Gasteiger partial charge in [0.05, 0.1) is 12.7 Å². The van der Waals surface area contributed by atoms with Gasteiger partial charge in [0.1, 0.15) is 5.69 Å². The lowest BCUT2D eigenvalue weighted by molar-refractivity contribution is -0.0226. The van der Waals surface area contributed by atoms with Crippen molar-refractivity contribution in [2.24, 2.45) is 0 Å². The molecule has 1 aliphatic heterocycles. The number of ether oxygens (including phenoxy) is 1. The van der Waals surface area contributed by atoms with Crippen LogP contribution in [-0.4, -0.2) is 68.1 Å². The SMILES string of the molecule is CNC(=O)c1cc(C(=O)NCC[C@@H]2CN(C)CCO2)cc(Cc2cccc(C)c2)n1. The highest BCUT2D eigenvalue weighted by molar-refractivity contribution is 5.98. The maximum atomic E-state index is 12.8. The van der Waals surface area contributed by atoms with Gasteiger partial charge in [-0.3, -0.25) is 9.59 Å². The van der Waals surface area contributed by atoms with E-state index < -0.39 is 0 Å². The van der Waals surface area contributed by atoms with Gasteiger partial charge >= 0.3 is 0 Å². The third kappa shape index (κ3) is 6.11. The quantitative estimate of drug-likeness (QED) is 0.727. The van der Waals surface area contributed by atoms with E-state index in [-0.39, 0.29) is 23.6 Å². The van der Waals surface area contributed by atoms with Crippen LogP contribution in [-0.2, 0) is 11.2 Å². The van der Waals surface area contributed by atoms with Crippen molar-refractivity contribution in [2.45, 2.75) is 25.9 Å². The number of aromatic nitrogens is 1. The Hall–Kier alpha value is -2.77. The summed E-state index contributed by atoms with van der Waals surface area (Å²) in [6.07, 6.45) is 1.43. The first-order valence-corrected chi connectivity index (χ1v) is 10.3. The normalized spacial score (nSPS) is 16.8. The second-order valence-electron chi connectivity index (χ2n) is 7.78. The zero-order chi connectivity index (χ0) is 21.5. The van der Waals surface area contributed by atoms with E-state index in [1.165, 1.54) is 0 Å². The number of nitrogens with one attached hydrogen (secondary N) is 2. The van der Waals surface area contributed by atoms with Crippen molar-refractivity contribution in [3.05, 3.63) is 64.5 Å². The minimum atomic E-state index is -0.311. The molecular weight excluding hydrogens is 380 g/mol. The second kappa shape index (κ2) is 10.3. The summed E-state index contributed by atoms with van der Waals surface area (Å²) in [6.45, 7) is 5.07. The molecule has 1 aromatic heterocycles. The first-order valence-electron chi connectivity index (χ1n) is 10.3. The number of aryl methyl sites for hydroxylation is 1. The summed E-state index contributed by atoms with van der Waals surface area (Å²) in [5.74, 6) is -0.522. The smallest absolute Gasteiger partial charge is 0.269 e. The number of carbonyl (C=O) groups is 2. The molecule has 0 saturated carbocycles. The van der Waals surface area contributed by atoms with Crippen LogP contribution in [0, 0.1) is 6.92 Å². The second-order valence-corrected chi connectivity index (χ2v) is 7.78. The van der Waals surface area contributed by atoms with Crippen LogP contribution >= 0.6 is 0 Å². The minimum absolute atomic E-state index is 0.125. The molecule has 2 aromatic rings. The lowest BCUT2D eigenvalue weighted by atomic mass is 10.0. The molecule has 160 valence electrons. The summed E-state index contributed by atoms with van der Waals surface area (Å²) in [5.41, 5.74) is 3.60. The summed E-state index contributed by atoms with van der Waals surface area (Å²) < 4.78 is 5.74. The lowest BCUT2D eigenvalue weighted by Crippen LogP contribution is -2.41. The third-order valence-electron chi connectivity index (χ3n) is 5.16. The Morgan fingerprint density at radius 3 is 2.80 bits per heavy atom. The molecule has 1 aromatic carbocycles. The minimum Gasteiger partial charge on any atom is -0.375 e. The Balaban J connectivity index is 1.70. The molecule has 0 spiro atoms. The van der Waals surface area contributed by atoms with Gasteiger partial charge in [-0.05, 0) is 38.1 Å². The van der Waals surface area contributed by atoms with Crippen molar-refractivity contribution >= 4 is 11.8 Å². The molecule has 1 atom stereocenters. The Kier molecular flexibility index (Phi) is 7.54. The van der Waals surface area contributed by atoms with E-state index >= 15 is 0 Å². The molecule has 0 unspecified atom stereocenters. The fraction of sp³-hybridized carbons (Fsp3) is 0.435. The molecule has 1 aliphatic rings. The first-order chi connectivity index (χ1) is 14.4. The number of amides is 2. The molecule has 30 heavy (non-hydrogen) atoms. The zero-order valence-corrected chi connectivity index (χ0v) is 17.9. The first kappa shape index (κ1) is 21.9. The molecule has 7 heteroatoms. The average Bonchev–Trinajstić information content (AvgIpc) is 2.73. The molecule has 0 bridgehead atoms. The van der Waals surface area contributed by atoms with Gasteiger partial charge in [-0.2, -0.15) is 0 Å². The van der Waals surface area contributed by atoms with Gasteiger partial charge in [-0.15, -0.1) is 0 Å². The predicted octanol–water partition coefficient (Wildman–Crippen LogP) is 1.79. The fourth-order valence-electron chi connectivity index (χ4n) is 3.58. The van der Waals surface area contributed by atoms with Crippen molar-refractivity contribution < 1.29 is 14.3 Å². The summed E-state index contributed by atoms with van der Waals surface area (Å²) in [6, 6.07) is 11.4. The van der Waals surface area contributed by atoms with Crippen molar-refractivity contribution in [3.63, 3.8) is 0 Å². The van der Waals surface area contributed by atoms with Crippen molar-refractivity contribution in [3.8, 4) is 0 Å². The topological polar surface area (TPSA) is 83.6 Å². The highest BCUT2D eigenvalue weighted by Gasteiger charge is 2.18. The van der Waals surface area contributed by atoms with Gasteiger partial charge in [-0.1, -0.05) is 29.8 Å². The number of nitrogens with zero attached hydrogens (tertiary/aromatic N) is 2. The van der Waals surface area contributed by atoms with Gasteiger partial charge in [0.15, 0.2) is 0 Å². The van der Waals surface area contributed by atoms with Gasteiger partial charge in [0, 0.05) is 44.4 Å². The van der Waals surface area contributed by atoms with E-state index in [1.807, 2.05) is 25.1 Å². The Bertz CT molecular complexity index is 900. The van der Waals surface area contributed by atoms with Gasteiger partial charge < -0.3 is 20.3 Å². The standard InChI is InChI=1S/C23H30N4O3/c1-16-5-4-6-17(11-16)12-19-13-18(14-21(26-19)23(29)24-2)22(28)25-8-7-20-15-27(3)9-10-30-20/h4-6,11,13-14,20H,7-10,12,15H2,1-3H3,(H,24,29)(H,25,28)/t20-/m1/s1. The van der Waals surface area contributed by atoms with Crippen LogP contribution in [0.5, 0.6) is 0 Å². The maximum Gasteiger partial charge on any atom is 0.269 e. The molecule has 3 rings (SSSR count). The molecule has 2 heterocycles. The van der Waals surface area contributed by atoms with Crippen LogP contribution in [0.3, 0.4) is 0 Å². The van der Waals surface area contributed by atoms with Crippen LogP contribution in [0.15, 0.2) is 36.4 Å². The molecule has 0 radical (unpaired) electrons. The number of carbonyl (C=O) groups excluding carboxylic acids is 2.